The van der Waals surface area contributed by atoms with E-state index in [1.807, 2.05) is 0 Å². The van der Waals surface area contributed by atoms with Gasteiger partial charge in [0.25, 0.3) is 5.69 Å². The fourth-order valence-electron chi connectivity index (χ4n) is 0.977. The molecule has 0 fully saturated rings. The first-order chi connectivity index (χ1) is 6.56. The number of nitro benzene ring substituents is 1. The fourth-order valence-corrected chi connectivity index (χ4v) is 1.39. The molecule has 72 valence electrons. The number of benzene rings is 1. The Kier molecular flexibility index (Phi) is 3.06. The molecule has 1 aromatic rings. The van der Waals surface area contributed by atoms with Crippen LogP contribution in [0.2, 0.25) is 0 Å². The normalized spacial score (nSPS) is 9.29. The van der Waals surface area contributed by atoms with Gasteiger partial charge >= 0.3 is 0 Å². The topological polar surface area (TPSA) is 91.9 Å². The quantitative estimate of drug-likeness (QED) is 0.266. The number of nitro groups is 1. The largest absolute Gasteiger partial charge is 0.273 e. The van der Waals surface area contributed by atoms with E-state index in [4.69, 9.17) is 5.53 Å². The van der Waals surface area contributed by atoms with Crippen molar-refractivity contribution in [3.8, 4) is 0 Å². The summed E-state index contributed by atoms with van der Waals surface area (Å²) in [5, 5.41) is 13.9. The van der Waals surface area contributed by atoms with Crippen LogP contribution in [0.15, 0.2) is 21.7 Å². The van der Waals surface area contributed by atoms with Gasteiger partial charge in [-0.3, -0.25) is 10.1 Å². The van der Waals surface area contributed by atoms with Gasteiger partial charge in [0.2, 0.25) is 0 Å². The summed E-state index contributed by atoms with van der Waals surface area (Å²) in [5.41, 5.74) is 9.01. The first kappa shape index (κ1) is 10.5. The lowest BCUT2D eigenvalue weighted by Crippen LogP contribution is -1.91. The van der Waals surface area contributed by atoms with Crippen molar-refractivity contribution in [1.29, 1.82) is 0 Å². The second kappa shape index (κ2) is 4.08. The summed E-state index contributed by atoms with van der Waals surface area (Å²) in [6.07, 6.45) is 0. The van der Waals surface area contributed by atoms with Crippen molar-refractivity contribution in [2.24, 2.45) is 5.11 Å². The van der Waals surface area contributed by atoms with Crippen LogP contribution >= 0.6 is 15.9 Å². The van der Waals surface area contributed by atoms with Crippen LogP contribution in [0.4, 0.5) is 11.4 Å². The zero-order chi connectivity index (χ0) is 10.7. The maximum absolute atomic E-state index is 10.5. The molecule has 0 unspecified atom stereocenters. The molecule has 7 heteroatoms. The van der Waals surface area contributed by atoms with Crippen molar-refractivity contribution < 1.29 is 4.92 Å². The number of hydrogen-bond acceptors (Lipinski definition) is 3. The Bertz CT molecular complexity index is 412. The molecule has 0 heterocycles. The molecule has 6 nitrogen and oxygen atoms in total. The van der Waals surface area contributed by atoms with Crippen LogP contribution in [-0.4, -0.2) is 4.92 Å². The van der Waals surface area contributed by atoms with E-state index in [0.29, 0.717) is 15.7 Å². The maximum Gasteiger partial charge on any atom is 0.273 e. The van der Waals surface area contributed by atoms with Crippen LogP contribution in [0.1, 0.15) is 5.56 Å². The highest BCUT2D eigenvalue weighted by Gasteiger charge is 2.12. The Labute approximate surface area is 87.5 Å². The zero-order valence-corrected chi connectivity index (χ0v) is 8.72. The molecule has 0 aliphatic carbocycles. The highest BCUT2D eigenvalue weighted by atomic mass is 79.9. The third kappa shape index (κ3) is 2.01. The Morgan fingerprint density at radius 1 is 1.64 bits per heavy atom. The standard InChI is InChI=1S/C7H5BrN4O2/c1-4-2-6(10-11-9)5(8)3-7(4)12(13)14/h2-3H,1H3. The zero-order valence-electron chi connectivity index (χ0n) is 7.14. The lowest BCUT2D eigenvalue weighted by molar-refractivity contribution is -0.385. The monoisotopic (exact) mass is 256 g/mol. The number of nitrogens with zero attached hydrogens (tertiary/aromatic N) is 4. The molecule has 0 spiro atoms. The Hall–Kier alpha value is -1.59. The summed E-state index contributed by atoms with van der Waals surface area (Å²) < 4.78 is 0.410. The molecule has 1 aromatic carbocycles. The fraction of sp³-hybridized carbons (Fsp3) is 0.143. The first-order valence-corrected chi connectivity index (χ1v) is 4.35. The molecule has 1 rings (SSSR count). The van der Waals surface area contributed by atoms with Gasteiger partial charge in [-0.05, 0) is 18.5 Å². The molecule has 0 radical (unpaired) electrons. The van der Waals surface area contributed by atoms with E-state index in [9.17, 15) is 10.1 Å². The van der Waals surface area contributed by atoms with E-state index in [2.05, 4.69) is 26.0 Å². The van der Waals surface area contributed by atoms with Crippen molar-refractivity contribution >= 4 is 27.3 Å². The van der Waals surface area contributed by atoms with Crippen molar-refractivity contribution in [3.05, 3.63) is 42.7 Å². The molecule has 0 bridgehead atoms. The smallest absolute Gasteiger partial charge is 0.258 e. The highest BCUT2D eigenvalue weighted by molar-refractivity contribution is 9.10. The third-order valence-corrected chi connectivity index (χ3v) is 2.25. The molecule has 0 aliphatic heterocycles. The van der Waals surface area contributed by atoms with Gasteiger partial charge in [0.1, 0.15) is 0 Å². The lowest BCUT2D eigenvalue weighted by Gasteiger charge is -2.00. The van der Waals surface area contributed by atoms with Gasteiger partial charge in [0, 0.05) is 21.0 Å². The molecule has 0 aliphatic rings. The molecule has 14 heavy (non-hydrogen) atoms. The molecule has 0 N–H and O–H groups in total. The molecular formula is C7H5BrN4O2. The SMILES string of the molecule is Cc1cc(N=[N+]=[N-])c(Br)cc1[N+](=O)[O-]. The lowest BCUT2D eigenvalue weighted by atomic mass is 10.2. The molecule has 0 atom stereocenters. The van der Waals surface area contributed by atoms with Gasteiger partial charge in [-0.1, -0.05) is 21.0 Å². The van der Waals surface area contributed by atoms with Gasteiger partial charge in [-0.15, -0.1) is 0 Å². The second-order valence-electron chi connectivity index (χ2n) is 2.54. The molecule has 0 saturated heterocycles. The summed E-state index contributed by atoms with van der Waals surface area (Å²) in [4.78, 5) is 12.6. The van der Waals surface area contributed by atoms with Crippen molar-refractivity contribution in [1.82, 2.24) is 0 Å². The van der Waals surface area contributed by atoms with Crippen molar-refractivity contribution in [3.63, 3.8) is 0 Å². The van der Waals surface area contributed by atoms with Gasteiger partial charge < -0.3 is 0 Å². The predicted molar refractivity (Wildman–Crippen MR) is 54.3 cm³/mol. The summed E-state index contributed by atoms with van der Waals surface area (Å²) >= 11 is 3.08. The molecule has 0 saturated carbocycles. The maximum atomic E-state index is 10.5. The summed E-state index contributed by atoms with van der Waals surface area (Å²) in [6, 6.07) is 2.78. The van der Waals surface area contributed by atoms with Gasteiger partial charge in [0.15, 0.2) is 0 Å². The van der Waals surface area contributed by atoms with Crippen LogP contribution in [0.5, 0.6) is 0 Å². The minimum Gasteiger partial charge on any atom is -0.258 e. The van der Waals surface area contributed by atoms with E-state index in [-0.39, 0.29) is 5.69 Å². The Balaban J connectivity index is 3.37. The van der Waals surface area contributed by atoms with Gasteiger partial charge in [0.05, 0.1) is 10.6 Å². The van der Waals surface area contributed by atoms with E-state index in [1.165, 1.54) is 12.1 Å². The molecule has 0 aromatic heterocycles. The number of halogens is 1. The summed E-state index contributed by atoms with van der Waals surface area (Å²) in [7, 11) is 0. The number of hydrogen-bond donors (Lipinski definition) is 0. The van der Waals surface area contributed by atoms with Crippen molar-refractivity contribution in [2.75, 3.05) is 0 Å². The Morgan fingerprint density at radius 2 is 2.29 bits per heavy atom. The molecule has 0 amide bonds. The van der Waals surface area contributed by atoms with E-state index in [1.54, 1.807) is 6.92 Å². The first-order valence-electron chi connectivity index (χ1n) is 3.56. The number of aryl methyl sites for hydroxylation is 1. The number of rotatable bonds is 2. The van der Waals surface area contributed by atoms with Gasteiger partial charge in [-0.2, -0.15) is 0 Å². The summed E-state index contributed by atoms with van der Waals surface area (Å²) in [5.74, 6) is 0. The molecular weight excluding hydrogens is 252 g/mol. The minimum absolute atomic E-state index is 0.00577. The van der Waals surface area contributed by atoms with Crippen LogP contribution in [0.25, 0.3) is 10.4 Å². The van der Waals surface area contributed by atoms with Crippen LogP contribution in [0.3, 0.4) is 0 Å². The van der Waals surface area contributed by atoms with Gasteiger partial charge in [-0.25, -0.2) is 0 Å². The van der Waals surface area contributed by atoms with Crippen LogP contribution in [0, 0.1) is 17.0 Å². The number of azide groups is 1. The minimum atomic E-state index is -0.486. The van der Waals surface area contributed by atoms with E-state index in [0.717, 1.165) is 0 Å². The van der Waals surface area contributed by atoms with Crippen LogP contribution in [-0.2, 0) is 0 Å². The Morgan fingerprint density at radius 3 is 2.79 bits per heavy atom. The third-order valence-electron chi connectivity index (χ3n) is 1.61. The predicted octanol–water partition coefficient (Wildman–Crippen LogP) is 3.61. The average Bonchev–Trinajstić information content (AvgIpc) is 2.10. The highest BCUT2D eigenvalue weighted by Crippen LogP contribution is 2.32. The average molecular weight is 257 g/mol. The van der Waals surface area contributed by atoms with E-state index >= 15 is 0 Å². The van der Waals surface area contributed by atoms with Crippen LogP contribution < -0.4 is 0 Å². The van der Waals surface area contributed by atoms with Crippen molar-refractivity contribution in [2.45, 2.75) is 6.92 Å². The summed E-state index contributed by atoms with van der Waals surface area (Å²) in [6.45, 7) is 1.58. The van der Waals surface area contributed by atoms with E-state index < -0.39 is 4.92 Å². The second-order valence-corrected chi connectivity index (χ2v) is 3.39.